The zero-order chi connectivity index (χ0) is 5.86. The number of halogens is 1. The standard InChI is InChI=1S/C5H10O2.BrH/c1-4(2)3-5(6)7;/h4H,3H2,1-2H3,(H,6,7);1H. The third kappa shape index (κ3) is 9.34. The highest BCUT2D eigenvalue weighted by Crippen LogP contribution is 1.96. The minimum Gasteiger partial charge on any atom is -0.481 e. The molecule has 1 N–H and O–H groups in total. The highest BCUT2D eigenvalue weighted by Gasteiger charge is 1.98. The zero-order valence-corrected chi connectivity index (χ0v) is 6.76. The maximum Gasteiger partial charge on any atom is 0.303 e. The molecule has 2 nitrogen and oxygen atoms in total. The molecule has 0 rings (SSSR count). The van der Waals surface area contributed by atoms with Crippen LogP contribution in [0.2, 0.25) is 0 Å². The summed E-state index contributed by atoms with van der Waals surface area (Å²) in [4.78, 5) is 9.81. The monoisotopic (exact) mass is 182 g/mol. The Balaban J connectivity index is 0. The van der Waals surface area contributed by atoms with Gasteiger partial charge >= 0.3 is 5.97 Å². The maximum atomic E-state index is 9.81. The molecule has 50 valence electrons. The highest BCUT2D eigenvalue weighted by molar-refractivity contribution is 8.93. The Labute approximate surface area is 59.7 Å². The molecule has 0 aliphatic carbocycles. The Hall–Kier alpha value is -0.0500. The molecule has 0 aliphatic heterocycles. The maximum absolute atomic E-state index is 9.81. The predicted octanol–water partition coefficient (Wildman–Crippen LogP) is 1.69. The van der Waals surface area contributed by atoms with Crippen molar-refractivity contribution < 1.29 is 9.90 Å². The Morgan fingerprint density at radius 3 is 2.00 bits per heavy atom. The number of hydrogen-bond acceptors (Lipinski definition) is 1. The molecule has 0 saturated carbocycles. The van der Waals surface area contributed by atoms with Crippen LogP contribution in [0.1, 0.15) is 20.3 Å². The second-order valence-electron chi connectivity index (χ2n) is 1.99. The number of aliphatic carboxylic acids is 1. The van der Waals surface area contributed by atoms with Gasteiger partial charge < -0.3 is 5.11 Å². The molecule has 0 unspecified atom stereocenters. The van der Waals surface area contributed by atoms with E-state index in [0.29, 0.717) is 0 Å². The lowest BCUT2D eigenvalue weighted by Gasteiger charge is -1.94. The smallest absolute Gasteiger partial charge is 0.303 e. The summed E-state index contributed by atoms with van der Waals surface area (Å²) in [6.07, 6.45) is 0.278. The van der Waals surface area contributed by atoms with Gasteiger partial charge in [-0.25, -0.2) is 0 Å². The van der Waals surface area contributed by atoms with Crippen molar-refractivity contribution in [2.75, 3.05) is 0 Å². The van der Waals surface area contributed by atoms with Crippen LogP contribution in [-0.2, 0) is 4.79 Å². The van der Waals surface area contributed by atoms with Crippen LogP contribution in [0, 0.1) is 5.92 Å². The zero-order valence-electron chi connectivity index (χ0n) is 5.05. The first-order valence-corrected chi connectivity index (χ1v) is 2.34. The number of rotatable bonds is 2. The van der Waals surface area contributed by atoms with Crippen molar-refractivity contribution in [1.82, 2.24) is 0 Å². The van der Waals surface area contributed by atoms with Crippen LogP contribution in [0.4, 0.5) is 0 Å². The van der Waals surface area contributed by atoms with Gasteiger partial charge in [0.15, 0.2) is 0 Å². The van der Waals surface area contributed by atoms with Gasteiger partial charge in [-0.2, -0.15) is 0 Å². The first-order valence-electron chi connectivity index (χ1n) is 2.34. The van der Waals surface area contributed by atoms with E-state index in [-0.39, 0.29) is 29.3 Å². The second-order valence-corrected chi connectivity index (χ2v) is 1.99. The summed E-state index contributed by atoms with van der Waals surface area (Å²) in [6.45, 7) is 3.77. The molecule has 0 spiro atoms. The van der Waals surface area contributed by atoms with Crippen molar-refractivity contribution >= 4 is 23.0 Å². The van der Waals surface area contributed by atoms with Gasteiger partial charge in [-0.1, -0.05) is 13.8 Å². The van der Waals surface area contributed by atoms with Gasteiger partial charge in [0, 0.05) is 6.42 Å². The van der Waals surface area contributed by atoms with Crippen molar-refractivity contribution in [3.05, 3.63) is 0 Å². The van der Waals surface area contributed by atoms with E-state index in [1.165, 1.54) is 0 Å². The third-order valence-corrected chi connectivity index (χ3v) is 0.583. The fraction of sp³-hybridized carbons (Fsp3) is 0.800. The number of carbonyl (C=O) groups is 1. The van der Waals surface area contributed by atoms with Crippen molar-refractivity contribution in [2.45, 2.75) is 20.3 Å². The Morgan fingerprint density at radius 2 is 2.00 bits per heavy atom. The fourth-order valence-electron chi connectivity index (χ4n) is 0.349. The van der Waals surface area contributed by atoms with Gasteiger partial charge in [-0.3, -0.25) is 4.79 Å². The molecule has 0 heterocycles. The summed E-state index contributed by atoms with van der Waals surface area (Å²) < 4.78 is 0. The van der Waals surface area contributed by atoms with E-state index in [2.05, 4.69) is 0 Å². The SMILES string of the molecule is Br.CC(C)CC(=O)O. The van der Waals surface area contributed by atoms with E-state index in [1.807, 2.05) is 13.8 Å². The molecule has 0 aromatic carbocycles. The highest BCUT2D eigenvalue weighted by atomic mass is 79.9. The van der Waals surface area contributed by atoms with E-state index in [9.17, 15) is 4.79 Å². The second kappa shape index (κ2) is 5.09. The van der Waals surface area contributed by atoms with Crippen molar-refractivity contribution in [3.8, 4) is 0 Å². The first kappa shape index (κ1) is 10.8. The van der Waals surface area contributed by atoms with E-state index in [4.69, 9.17) is 5.11 Å². The van der Waals surface area contributed by atoms with Crippen molar-refractivity contribution in [1.29, 1.82) is 0 Å². The first-order chi connectivity index (χ1) is 3.13. The molecule has 0 aromatic heterocycles. The van der Waals surface area contributed by atoms with Crippen LogP contribution in [0.15, 0.2) is 0 Å². The Kier molecular flexibility index (Phi) is 6.91. The van der Waals surface area contributed by atoms with Crippen LogP contribution in [0.3, 0.4) is 0 Å². The minimum absolute atomic E-state index is 0. The molecule has 0 saturated heterocycles. The Morgan fingerprint density at radius 1 is 1.62 bits per heavy atom. The fourth-order valence-corrected chi connectivity index (χ4v) is 0.349. The summed E-state index contributed by atoms with van der Waals surface area (Å²) in [5.41, 5.74) is 0. The van der Waals surface area contributed by atoms with Crippen LogP contribution >= 0.6 is 17.0 Å². The van der Waals surface area contributed by atoms with E-state index in [0.717, 1.165) is 0 Å². The molecule has 0 aromatic rings. The lowest BCUT2D eigenvalue weighted by atomic mass is 10.1. The quantitative estimate of drug-likeness (QED) is 0.707. The lowest BCUT2D eigenvalue weighted by molar-refractivity contribution is -0.137. The average molecular weight is 183 g/mol. The molecule has 0 atom stereocenters. The number of hydrogen-bond donors (Lipinski definition) is 1. The molecule has 0 radical (unpaired) electrons. The summed E-state index contributed by atoms with van der Waals surface area (Å²) in [6, 6.07) is 0. The summed E-state index contributed by atoms with van der Waals surface area (Å²) in [7, 11) is 0. The molecular formula is C5H11BrO2. The van der Waals surface area contributed by atoms with E-state index < -0.39 is 5.97 Å². The molecule has 3 heteroatoms. The van der Waals surface area contributed by atoms with E-state index >= 15 is 0 Å². The predicted molar refractivity (Wildman–Crippen MR) is 37.4 cm³/mol. The van der Waals surface area contributed by atoms with Gasteiger partial charge in [0.05, 0.1) is 0 Å². The molecule has 0 aliphatic rings. The summed E-state index contributed by atoms with van der Waals surface area (Å²) >= 11 is 0. The van der Waals surface area contributed by atoms with Crippen molar-refractivity contribution in [3.63, 3.8) is 0 Å². The molecule has 0 bridgehead atoms. The topological polar surface area (TPSA) is 37.3 Å². The molecule has 0 fully saturated rings. The number of carboxylic acids is 1. The molecular weight excluding hydrogens is 172 g/mol. The van der Waals surface area contributed by atoms with Crippen molar-refractivity contribution in [2.24, 2.45) is 5.92 Å². The normalized spacial score (nSPS) is 8.38. The lowest BCUT2D eigenvalue weighted by Crippen LogP contribution is -1.99. The summed E-state index contributed by atoms with van der Waals surface area (Å²) in [5.74, 6) is -0.438. The van der Waals surface area contributed by atoms with Crippen LogP contribution in [0.5, 0.6) is 0 Å². The largest absolute Gasteiger partial charge is 0.481 e. The molecule has 8 heavy (non-hydrogen) atoms. The average Bonchev–Trinajstić information content (AvgIpc) is 1.27. The third-order valence-electron chi connectivity index (χ3n) is 0.583. The van der Waals surface area contributed by atoms with Crippen LogP contribution in [-0.4, -0.2) is 11.1 Å². The van der Waals surface area contributed by atoms with Crippen LogP contribution < -0.4 is 0 Å². The Bertz CT molecular complexity index is 70.8. The van der Waals surface area contributed by atoms with E-state index in [1.54, 1.807) is 0 Å². The van der Waals surface area contributed by atoms with Gasteiger partial charge in [-0.15, -0.1) is 17.0 Å². The van der Waals surface area contributed by atoms with Gasteiger partial charge in [-0.05, 0) is 5.92 Å². The van der Waals surface area contributed by atoms with Crippen LogP contribution in [0.25, 0.3) is 0 Å². The van der Waals surface area contributed by atoms with Gasteiger partial charge in [0.2, 0.25) is 0 Å². The van der Waals surface area contributed by atoms with Gasteiger partial charge in [0.1, 0.15) is 0 Å². The molecule has 0 amide bonds. The number of carboxylic acid groups (broad SMARTS) is 1. The minimum atomic E-state index is -0.713. The summed E-state index contributed by atoms with van der Waals surface area (Å²) in [5, 5.41) is 8.08. The van der Waals surface area contributed by atoms with Gasteiger partial charge in [0.25, 0.3) is 0 Å².